The Hall–Kier alpha value is -0.124. The van der Waals surface area contributed by atoms with Gasteiger partial charge < -0.3 is 0 Å². The zero-order valence-electron chi connectivity index (χ0n) is 28.7. The van der Waals surface area contributed by atoms with Crippen LogP contribution in [-0.2, 0) is 15.6 Å². The fourth-order valence-corrected chi connectivity index (χ4v) is 27.9. The van der Waals surface area contributed by atoms with Crippen molar-refractivity contribution in [1.29, 1.82) is 0 Å². The number of hydrogen-bond acceptors (Lipinski definition) is 5. The predicted octanol–water partition coefficient (Wildman–Crippen LogP) is 9.88. The van der Waals surface area contributed by atoms with Gasteiger partial charge >= 0.3 is 264 Å². The van der Waals surface area contributed by atoms with Crippen molar-refractivity contribution in [3.8, 4) is 0 Å². The zero-order valence-corrected chi connectivity index (χ0v) is 33.4. The van der Waals surface area contributed by atoms with Crippen LogP contribution >= 0.6 is 11.3 Å². The van der Waals surface area contributed by atoms with Crippen LogP contribution in [0.5, 0.6) is 0 Å². The average molecular weight is 716 g/mol. The molecule has 0 aromatic carbocycles. The second-order valence-electron chi connectivity index (χ2n) is 15.0. The predicted molar refractivity (Wildman–Crippen MR) is 183 cm³/mol. The Morgan fingerprint density at radius 1 is 0.951 bits per heavy atom. The normalized spacial score (nSPS) is 15.9. The van der Waals surface area contributed by atoms with Crippen molar-refractivity contribution in [3.05, 3.63) is 10.7 Å². The average Bonchev–Trinajstić information content (AvgIpc) is 3.31. The van der Waals surface area contributed by atoms with E-state index in [1.54, 1.807) is 2.89 Å². The van der Waals surface area contributed by atoms with E-state index >= 15 is 0 Å². The van der Waals surface area contributed by atoms with E-state index in [2.05, 4.69) is 66.0 Å². The topological polar surface area (TPSA) is 51.7 Å². The molecule has 238 valence electrons. The maximum absolute atomic E-state index is 12.7. The Kier molecular flexibility index (Phi) is 14.7. The molecule has 1 saturated heterocycles. The van der Waals surface area contributed by atoms with Crippen LogP contribution in [0.3, 0.4) is 0 Å². The molecule has 8 heteroatoms. The molecular formula is C33H64N2O3SSiSn. The third kappa shape index (κ3) is 11.1. The first-order chi connectivity index (χ1) is 19.1. The standard InChI is InChI=1S/C21H37N2O3SSi.3C4H9.Sn/c1-20(2,3)26-19(24)23-12-9-16(10-13-23)18-22-17(15-27-18)11-14-25-28(7,8)21(4,5)6;3*1-3-4-2;/h16H,9-14H2,1-8H3;3*1,3-4H2,2H3;. The van der Waals surface area contributed by atoms with Crippen molar-refractivity contribution in [2.24, 2.45) is 0 Å². The van der Waals surface area contributed by atoms with Crippen LogP contribution in [0.15, 0.2) is 0 Å². The van der Waals surface area contributed by atoms with E-state index in [9.17, 15) is 4.79 Å². The Bertz CT molecular complexity index is 908. The Morgan fingerprint density at radius 3 is 1.90 bits per heavy atom. The van der Waals surface area contributed by atoms with E-state index in [0.29, 0.717) is 5.92 Å². The van der Waals surface area contributed by atoms with Crippen LogP contribution in [0.25, 0.3) is 0 Å². The third-order valence-corrected chi connectivity index (χ3v) is 33.5. The summed E-state index contributed by atoms with van der Waals surface area (Å²) in [6, 6.07) is 0. The van der Waals surface area contributed by atoms with Gasteiger partial charge in [0.05, 0.1) is 0 Å². The van der Waals surface area contributed by atoms with E-state index in [1.807, 2.05) is 25.7 Å². The number of likely N-dealkylation sites (tertiary alicyclic amines) is 1. The van der Waals surface area contributed by atoms with Gasteiger partial charge in [-0.15, -0.1) is 0 Å². The van der Waals surface area contributed by atoms with Crippen molar-refractivity contribution >= 4 is 47.0 Å². The van der Waals surface area contributed by atoms with Gasteiger partial charge in [-0.3, -0.25) is 0 Å². The Balaban J connectivity index is 2.39. The summed E-state index contributed by atoms with van der Waals surface area (Å²) in [6.07, 6.45) is 10.7. The molecule has 2 heterocycles. The molecule has 1 aromatic rings. The van der Waals surface area contributed by atoms with Crippen LogP contribution in [0.4, 0.5) is 4.79 Å². The monoisotopic (exact) mass is 716 g/mol. The maximum atomic E-state index is 12.7. The van der Waals surface area contributed by atoms with Gasteiger partial charge in [-0.1, -0.05) is 0 Å². The first-order valence-corrected chi connectivity index (χ1v) is 27.9. The number of rotatable bonds is 15. The molecule has 1 amide bonds. The van der Waals surface area contributed by atoms with E-state index < -0.39 is 32.3 Å². The van der Waals surface area contributed by atoms with Gasteiger partial charge in [0.25, 0.3) is 0 Å². The molecule has 0 bridgehead atoms. The molecule has 1 fully saturated rings. The fraction of sp³-hybridized carbons (Fsp3) is 0.879. The molecular weight excluding hydrogens is 651 g/mol. The third-order valence-electron chi connectivity index (χ3n) is 9.33. The second-order valence-corrected chi connectivity index (χ2v) is 34.9. The van der Waals surface area contributed by atoms with Crippen molar-refractivity contribution in [3.63, 3.8) is 0 Å². The number of carbonyl (C=O) groups is 1. The molecule has 0 radical (unpaired) electrons. The summed E-state index contributed by atoms with van der Waals surface area (Å²) < 4.78 is 18.6. The van der Waals surface area contributed by atoms with Gasteiger partial charge in [-0.2, -0.15) is 0 Å². The number of piperidine rings is 1. The molecule has 0 N–H and O–H groups in total. The number of nitrogens with zero attached hydrogens (tertiary/aromatic N) is 2. The van der Waals surface area contributed by atoms with Gasteiger partial charge in [0.1, 0.15) is 0 Å². The molecule has 1 aromatic heterocycles. The summed E-state index contributed by atoms with van der Waals surface area (Å²) in [7, 11) is -1.80. The molecule has 0 unspecified atom stereocenters. The van der Waals surface area contributed by atoms with Crippen LogP contribution in [0.2, 0.25) is 31.4 Å². The van der Waals surface area contributed by atoms with Crippen molar-refractivity contribution in [1.82, 2.24) is 9.88 Å². The number of thiazole rings is 1. The van der Waals surface area contributed by atoms with Crippen molar-refractivity contribution < 1.29 is 14.0 Å². The van der Waals surface area contributed by atoms with E-state index in [-0.39, 0.29) is 11.1 Å². The minimum absolute atomic E-state index is 0.173. The van der Waals surface area contributed by atoms with Crippen LogP contribution in [0, 0.1) is 0 Å². The quantitative estimate of drug-likeness (QED) is 0.170. The number of amides is 1. The molecule has 0 atom stereocenters. The first kappa shape index (κ1) is 37.1. The molecule has 5 nitrogen and oxygen atoms in total. The van der Waals surface area contributed by atoms with Crippen LogP contribution < -0.4 is 2.89 Å². The number of unbranched alkanes of at least 4 members (excludes halogenated alkanes) is 3. The second kappa shape index (κ2) is 16.3. The number of aromatic nitrogens is 1. The van der Waals surface area contributed by atoms with E-state index in [4.69, 9.17) is 14.1 Å². The fourth-order valence-electron chi connectivity index (χ4n) is 5.64. The molecule has 2 rings (SSSR count). The molecule has 1 aliphatic rings. The molecule has 0 spiro atoms. The SMILES string of the molecule is CCC[CH2][Sn]([CH2]CCC)([CH2]CCC)[c]1sc(C2CCN(C(=O)OC(C)(C)C)CC2)nc1CCO[Si](C)(C)C(C)(C)C. The van der Waals surface area contributed by atoms with E-state index in [1.165, 1.54) is 62.5 Å². The molecule has 41 heavy (non-hydrogen) atoms. The number of hydrogen-bond donors (Lipinski definition) is 0. The first-order valence-electron chi connectivity index (χ1n) is 16.7. The van der Waals surface area contributed by atoms with Gasteiger partial charge in [0.2, 0.25) is 0 Å². The molecule has 1 aliphatic heterocycles. The summed E-state index contributed by atoms with van der Waals surface area (Å²) in [5.74, 6) is 0.444. The minimum atomic E-state index is -2.66. The zero-order chi connectivity index (χ0) is 30.9. The molecule has 0 aliphatic carbocycles. The van der Waals surface area contributed by atoms with Gasteiger partial charge in [-0.05, 0) is 0 Å². The van der Waals surface area contributed by atoms with Gasteiger partial charge in [0, 0.05) is 0 Å². The van der Waals surface area contributed by atoms with Crippen molar-refractivity contribution in [2.75, 3.05) is 19.7 Å². The van der Waals surface area contributed by atoms with Gasteiger partial charge in [-0.25, -0.2) is 0 Å². The Morgan fingerprint density at radius 2 is 1.46 bits per heavy atom. The van der Waals surface area contributed by atoms with Crippen LogP contribution in [0.1, 0.15) is 130 Å². The van der Waals surface area contributed by atoms with Gasteiger partial charge in [0.15, 0.2) is 0 Å². The Labute approximate surface area is 263 Å². The van der Waals surface area contributed by atoms with E-state index in [0.717, 1.165) is 39.0 Å². The van der Waals surface area contributed by atoms with Crippen LogP contribution in [-0.4, -0.2) is 68.0 Å². The summed E-state index contributed by atoms with van der Waals surface area (Å²) in [4.78, 5) is 20.1. The molecule has 0 saturated carbocycles. The number of carbonyl (C=O) groups excluding carboxylic acids is 1. The van der Waals surface area contributed by atoms with Crippen molar-refractivity contribution in [2.45, 2.75) is 163 Å². The summed E-state index contributed by atoms with van der Waals surface area (Å²) >= 11 is -0.552. The number of ether oxygens (including phenoxy) is 1. The summed E-state index contributed by atoms with van der Waals surface area (Å²) in [6.45, 7) is 26.9. The summed E-state index contributed by atoms with van der Waals surface area (Å²) in [5, 5.41) is 1.56. The summed E-state index contributed by atoms with van der Waals surface area (Å²) in [5.41, 5.74) is 0.947.